The Balaban J connectivity index is 2.39. The van der Waals surface area contributed by atoms with Crippen LogP contribution in [0.5, 0.6) is 0 Å². The molecule has 3 nitrogen and oxygen atoms in total. The first-order valence-corrected chi connectivity index (χ1v) is 6.04. The predicted octanol–water partition coefficient (Wildman–Crippen LogP) is 2.11. The van der Waals surface area contributed by atoms with Crippen molar-refractivity contribution in [1.82, 2.24) is 5.32 Å². The summed E-state index contributed by atoms with van der Waals surface area (Å²) in [6.45, 7) is 8.54. The van der Waals surface area contributed by atoms with E-state index in [1.165, 1.54) is 5.56 Å². The van der Waals surface area contributed by atoms with Crippen LogP contribution in [0.25, 0.3) is 0 Å². The molecule has 1 rings (SSSR count). The summed E-state index contributed by atoms with van der Waals surface area (Å²) in [4.78, 5) is 11.8. The molecule has 1 aromatic carbocycles. The van der Waals surface area contributed by atoms with E-state index in [0.717, 1.165) is 24.2 Å². The van der Waals surface area contributed by atoms with Crippen molar-refractivity contribution >= 4 is 5.78 Å². The molecule has 0 amide bonds. The molecule has 0 fully saturated rings. The van der Waals surface area contributed by atoms with Crippen LogP contribution in [0.3, 0.4) is 0 Å². The third-order valence-corrected chi connectivity index (χ3v) is 2.74. The molecule has 0 unspecified atom stereocenters. The maximum atomic E-state index is 11.8. The second-order valence-electron chi connectivity index (χ2n) is 4.13. The molecule has 1 aromatic rings. The number of aryl methyl sites for hydroxylation is 2. The van der Waals surface area contributed by atoms with Gasteiger partial charge in [0, 0.05) is 12.1 Å². The fourth-order valence-corrected chi connectivity index (χ4v) is 1.48. The van der Waals surface area contributed by atoms with Crippen molar-refractivity contribution in [2.75, 3.05) is 26.3 Å². The zero-order valence-corrected chi connectivity index (χ0v) is 10.9. The zero-order chi connectivity index (χ0) is 12.7. The molecule has 0 radical (unpaired) electrons. The second-order valence-corrected chi connectivity index (χ2v) is 4.13. The van der Waals surface area contributed by atoms with Gasteiger partial charge in [0.05, 0.1) is 6.61 Å². The summed E-state index contributed by atoms with van der Waals surface area (Å²) in [6, 6.07) is 5.75. The van der Waals surface area contributed by atoms with Crippen molar-refractivity contribution < 1.29 is 9.53 Å². The highest BCUT2D eigenvalue weighted by Crippen LogP contribution is 2.10. The average Bonchev–Trinajstić information content (AvgIpc) is 2.32. The molecule has 0 saturated carbocycles. The summed E-state index contributed by atoms with van der Waals surface area (Å²) in [5, 5.41) is 3.14. The number of carbonyl (C=O) groups is 1. The largest absolute Gasteiger partial charge is 0.372 e. The fraction of sp³-hybridized carbons (Fsp3) is 0.500. The Kier molecular flexibility index (Phi) is 5.87. The third kappa shape index (κ3) is 4.67. The van der Waals surface area contributed by atoms with Crippen molar-refractivity contribution in [3.63, 3.8) is 0 Å². The highest BCUT2D eigenvalue weighted by molar-refractivity contribution is 5.97. The van der Waals surface area contributed by atoms with E-state index in [0.29, 0.717) is 6.61 Å². The minimum Gasteiger partial charge on any atom is -0.372 e. The molecular formula is C14H21NO2. The van der Waals surface area contributed by atoms with E-state index in [2.05, 4.69) is 5.32 Å². The van der Waals surface area contributed by atoms with E-state index >= 15 is 0 Å². The van der Waals surface area contributed by atoms with E-state index in [1.54, 1.807) is 0 Å². The highest BCUT2D eigenvalue weighted by atomic mass is 16.5. The summed E-state index contributed by atoms with van der Waals surface area (Å²) >= 11 is 0. The molecule has 17 heavy (non-hydrogen) atoms. The first-order valence-electron chi connectivity index (χ1n) is 6.04. The Morgan fingerprint density at radius 3 is 2.71 bits per heavy atom. The first-order chi connectivity index (χ1) is 8.15. The summed E-state index contributed by atoms with van der Waals surface area (Å²) in [6.07, 6.45) is 0. The Hall–Kier alpha value is -1.19. The number of rotatable bonds is 7. The predicted molar refractivity (Wildman–Crippen MR) is 69.6 cm³/mol. The van der Waals surface area contributed by atoms with Crippen molar-refractivity contribution in [3.05, 3.63) is 34.9 Å². The quantitative estimate of drug-likeness (QED) is 0.581. The molecule has 0 aliphatic carbocycles. The van der Waals surface area contributed by atoms with Gasteiger partial charge in [-0.3, -0.25) is 4.79 Å². The number of Topliss-reactive ketones (excluding diaryl/α,β-unsaturated/α-hetero) is 1. The monoisotopic (exact) mass is 235 g/mol. The van der Waals surface area contributed by atoms with Crippen molar-refractivity contribution in [2.24, 2.45) is 0 Å². The van der Waals surface area contributed by atoms with E-state index in [9.17, 15) is 4.79 Å². The number of hydrogen-bond acceptors (Lipinski definition) is 3. The van der Waals surface area contributed by atoms with E-state index < -0.39 is 0 Å². The van der Waals surface area contributed by atoms with Gasteiger partial charge in [-0.1, -0.05) is 19.1 Å². The number of carbonyl (C=O) groups excluding carboxylic acids is 1. The Labute approximate surface area is 103 Å². The highest BCUT2D eigenvalue weighted by Gasteiger charge is 2.06. The summed E-state index contributed by atoms with van der Waals surface area (Å²) in [5.74, 6) is 0.0459. The maximum absolute atomic E-state index is 11.8. The van der Waals surface area contributed by atoms with Crippen LogP contribution in [0.2, 0.25) is 0 Å². The lowest BCUT2D eigenvalue weighted by atomic mass is 10.0. The van der Waals surface area contributed by atoms with Gasteiger partial charge in [0.15, 0.2) is 5.78 Å². The van der Waals surface area contributed by atoms with Crippen LogP contribution < -0.4 is 5.32 Å². The van der Waals surface area contributed by atoms with Gasteiger partial charge in [-0.15, -0.1) is 0 Å². The number of likely N-dealkylation sites (N-methyl/N-ethyl adjacent to an activating group) is 1. The standard InChI is InChI=1S/C14H21NO2/c1-4-15-7-8-17-10-14(16)13-6-5-11(2)12(3)9-13/h5-6,9,15H,4,7-8,10H2,1-3H3. The number of hydrogen-bond donors (Lipinski definition) is 1. The minimum absolute atomic E-state index is 0.0459. The molecular weight excluding hydrogens is 214 g/mol. The molecule has 0 aliphatic rings. The number of nitrogens with one attached hydrogen (secondary N) is 1. The fourth-order valence-electron chi connectivity index (χ4n) is 1.48. The molecule has 0 saturated heterocycles. The molecule has 0 atom stereocenters. The van der Waals surface area contributed by atoms with Crippen LogP contribution in [-0.2, 0) is 4.74 Å². The van der Waals surface area contributed by atoms with Gasteiger partial charge in [0.2, 0.25) is 0 Å². The van der Waals surface area contributed by atoms with Gasteiger partial charge < -0.3 is 10.1 Å². The summed E-state index contributed by atoms with van der Waals surface area (Å²) in [7, 11) is 0. The van der Waals surface area contributed by atoms with Crippen LogP contribution in [-0.4, -0.2) is 32.1 Å². The minimum atomic E-state index is 0.0459. The Bertz CT molecular complexity index is 374. The lowest BCUT2D eigenvalue weighted by molar-refractivity contribution is 0.0765. The van der Waals surface area contributed by atoms with Gasteiger partial charge in [0.25, 0.3) is 0 Å². The Morgan fingerprint density at radius 2 is 2.06 bits per heavy atom. The van der Waals surface area contributed by atoms with Crippen LogP contribution >= 0.6 is 0 Å². The van der Waals surface area contributed by atoms with Crippen molar-refractivity contribution in [2.45, 2.75) is 20.8 Å². The normalized spacial score (nSPS) is 10.5. The summed E-state index contributed by atoms with van der Waals surface area (Å²) in [5.41, 5.74) is 3.08. The van der Waals surface area contributed by atoms with E-state index in [-0.39, 0.29) is 12.4 Å². The second kappa shape index (κ2) is 7.20. The zero-order valence-electron chi connectivity index (χ0n) is 10.9. The molecule has 0 bridgehead atoms. The number of ketones is 1. The maximum Gasteiger partial charge on any atom is 0.188 e. The Morgan fingerprint density at radius 1 is 1.29 bits per heavy atom. The third-order valence-electron chi connectivity index (χ3n) is 2.74. The lowest BCUT2D eigenvalue weighted by Gasteiger charge is -2.06. The van der Waals surface area contributed by atoms with Crippen molar-refractivity contribution in [1.29, 1.82) is 0 Å². The lowest BCUT2D eigenvalue weighted by Crippen LogP contribution is -2.21. The van der Waals surface area contributed by atoms with Crippen LogP contribution in [0.1, 0.15) is 28.4 Å². The van der Waals surface area contributed by atoms with Crippen LogP contribution in [0, 0.1) is 13.8 Å². The van der Waals surface area contributed by atoms with E-state index in [1.807, 2.05) is 39.0 Å². The SMILES string of the molecule is CCNCCOCC(=O)c1ccc(C)c(C)c1. The van der Waals surface area contributed by atoms with E-state index in [4.69, 9.17) is 4.74 Å². The van der Waals surface area contributed by atoms with Crippen LogP contribution in [0.15, 0.2) is 18.2 Å². The first kappa shape index (κ1) is 13.9. The van der Waals surface area contributed by atoms with Gasteiger partial charge in [-0.2, -0.15) is 0 Å². The van der Waals surface area contributed by atoms with Gasteiger partial charge in [-0.25, -0.2) is 0 Å². The molecule has 0 aromatic heterocycles. The molecule has 0 heterocycles. The molecule has 0 aliphatic heterocycles. The van der Waals surface area contributed by atoms with Gasteiger partial charge in [0.1, 0.15) is 6.61 Å². The molecule has 1 N–H and O–H groups in total. The number of benzene rings is 1. The summed E-state index contributed by atoms with van der Waals surface area (Å²) < 4.78 is 5.31. The molecule has 3 heteroatoms. The molecule has 94 valence electrons. The average molecular weight is 235 g/mol. The topological polar surface area (TPSA) is 38.3 Å². The smallest absolute Gasteiger partial charge is 0.188 e. The molecule has 0 spiro atoms. The van der Waals surface area contributed by atoms with Gasteiger partial charge >= 0.3 is 0 Å². The number of ether oxygens (including phenoxy) is 1. The van der Waals surface area contributed by atoms with Crippen molar-refractivity contribution in [3.8, 4) is 0 Å². The van der Waals surface area contributed by atoms with Gasteiger partial charge in [-0.05, 0) is 37.6 Å². The van der Waals surface area contributed by atoms with Crippen LogP contribution in [0.4, 0.5) is 0 Å².